The average Bonchev–Trinajstić information content (AvgIpc) is 2.55. The van der Waals surface area contributed by atoms with Crippen LogP contribution in [0, 0.1) is 10.1 Å². The number of hydrazone groups is 1. The molecule has 2 aromatic carbocycles. The highest BCUT2D eigenvalue weighted by atomic mass is 35.5. The molecule has 1 amide bonds. The number of methoxy groups -OCH3 is 1. The maximum atomic E-state index is 11.9. The molecule has 0 bridgehead atoms. The quantitative estimate of drug-likeness (QED) is 0.469. The Kier molecular flexibility index (Phi) is 6.32. The molecule has 0 saturated carbocycles. The molecule has 2 aromatic rings. The van der Waals surface area contributed by atoms with E-state index in [0.29, 0.717) is 26.9 Å². The van der Waals surface area contributed by atoms with Gasteiger partial charge in [-0.1, -0.05) is 41.4 Å². The molecule has 25 heavy (non-hydrogen) atoms. The number of halogens is 2. The third-order valence-corrected chi connectivity index (χ3v) is 3.73. The van der Waals surface area contributed by atoms with Crippen molar-refractivity contribution in [3.63, 3.8) is 0 Å². The Hall–Kier alpha value is -2.64. The van der Waals surface area contributed by atoms with Gasteiger partial charge in [0.15, 0.2) is 5.75 Å². The third kappa shape index (κ3) is 4.91. The van der Waals surface area contributed by atoms with Crippen molar-refractivity contribution >= 4 is 41.0 Å². The summed E-state index contributed by atoms with van der Waals surface area (Å²) in [5.41, 5.74) is 3.05. The van der Waals surface area contributed by atoms with Crippen LogP contribution >= 0.6 is 23.2 Å². The van der Waals surface area contributed by atoms with Crippen LogP contribution in [0.4, 0.5) is 5.69 Å². The maximum absolute atomic E-state index is 11.9. The van der Waals surface area contributed by atoms with E-state index in [2.05, 4.69) is 10.5 Å². The predicted octanol–water partition coefficient (Wildman–Crippen LogP) is 3.60. The van der Waals surface area contributed by atoms with Crippen molar-refractivity contribution in [2.75, 3.05) is 7.11 Å². The number of amides is 1. The minimum Gasteiger partial charge on any atom is -0.494 e. The van der Waals surface area contributed by atoms with E-state index in [1.165, 1.54) is 31.5 Å². The Balaban J connectivity index is 2.03. The van der Waals surface area contributed by atoms with E-state index in [9.17, 15) is 14.9 Å². The number of rotatable bonds is 6. The van der Waals surface area contributed by atoms with E-state index in [1.807, 2.05) is 0 Å². The molecule has 0 heterocycles. The van der Waals surface area contributed by atoms with E-state index in [0.717, 1.165) is 0 Å². The van der Waals surface area contributed by atoms with E-state index >= 15 is 0 Å². The average molecular weight is 382 g/mol. The van der Waals surface area contributed by atoms with Crippen molar-refractivity contribution in [3.8, 4) is 5.75 Å². The summed E-state index contributed by atoms with van der Waals surface area (Å²) in [6, 6.07) is 9.17. The van der Waals surface area contributed by atoms with E-state index < -0.39 is 10.8 Å². The Morgan fingerprint density at radius 3 is 2.56 bits per heavy atom. The first-order chi connectivity index (χ1) is 11.9. The first-order valence-electron chi connectivity index (χ1n) is 6.99. The summed E-state index contributed by atoms with van der Waals surface area (Å²) in [5.74, 6) is -0.142. The molecule has 0 aliphatic carbocycles. The number of nitro groups is 1. The summed E-state index contributed by atoms with van der Waals surface area (Å²) in [7, 11) is 1.45. The molecule has 0 aromatic heterocycles. The molecule has 1 N–H and O–H groups in total. The van der Waals surface area contributed by atoms with Crippen LogP contribution < -0.4 is 10.2 Å². The molecule has 0 aliphatic heterocycles. The lowest BCUT2D eigenvalue weighted by atomic mass is 10.1. The lowest BCUT2D eigenvalue weighted by Crippen LogP contribution is -2.20. The molecule has 0 spiro atoms. The van der Waals surface area contributed by atoms with Crippen molar-refractivity contribution in [1.29, 1.82) is 0 Å². The Labute approximate surface area is 153 Å². The van der Waals surface area contributed by atoms with Gasteiger partial charge in [-0.3, -0.25) is 14.9 Å². The number of nitrogens with zero attached hydrogens (tertiary/aromatic N) is 2. The largest absolute Gasteiger partial charge is 0.494 e. The van der Waals surface area contributed by atoms with Crippen molar-refractivity contribution < 1.29 is 14.5 Å². The zero-order valence-electron chi connectivity index (χ0n) is 13.0. The van der Waals surface area contributed by atoms with Crippen LogP contribution in [0.3, 0.4) is 0 Å². The summed E-state index contributed by atoms with van der Waals surface area (Å²) in [4.78, 5) is 22.3. The van der Waals surface area contributed by atoms with Crippen molar-refractivity contribution in [1.82, 2.24) is 5.43 Å². The molecule has 2 rings (SSSR count). The van der Waals surface area contributed by atoms with E-state index in [1.54, 1.807) is 18.2 Å². The van der Waals surface area contributed by atoms with E-state index in [4.69, 9.17) is 27.9 Å². The van der Waals surface area contributed by atoms with Gasteiger partial charge in [0.2, 0.25) is 5.91 Å². The second-order valence-corrected chi connectivity index (χ2v) is 5.69. The zero-order valence-corrected chi connectivity index (χ0v) is 14.5. The molecule has 0 fully saturated rings. The molecule has 0 saturated heterocycles. The molecular weight excluding hydrogens is 369 g/mol. The van der Waals surface area contributed by atoms with Crippen LogP contribution in [0.5, 0.6) is 5.75 Å². The number of carbonyl (C=O) groups excluding carboxylic acids is 1. The van der Waals surface area contributed by atoms with Crippen LogP contribution in [-0.4, -0.2) is 24.2 Å². The van der Waals surface area contributed by atoms with Gasteiger partial charge in [-0.25, -0.2) is 5.43 Å². The fourth-order valence-electron chi connectivity index (χ4n) is 2.08. The predicted molar refractivity (Wildman–Crippen MR) is 95.6 cm³/mol. The Bertz CT molecular complexity index is 817. The molecule has 130 valence electrons. The molecule has 0 unspecified atom stereocenters. The van der Waals surface area contributed by atoms with Gasteiger partial charge in [-0.15, -0.1) is 0 Å². The van der Waals surface area contributed by atoms with Crippen molar-refractivity contribution in [2.24, 2.45) is 5.10 Å². The minimum atomic E-state index is -0.534. The lowest BCUT2D eigenvalue weighted by Gasteiger charge is -2.06. The van der Waals surface area contributed by atoms with Crippen LogP contribution in [0.15, 0.2) is 41.5 Å². The lowest BCUT2D eigenvalue weighted by molar-refractivity contribution is -0.385. The standard InChI is InChI=1S/C16H13Cl2N3O4/c1-25-16-12(17)6-10(7-13(16)18)9-19-20-15(22)8-11-4-2-3-5-14(11)21(23)24/h2-7,9H,8H2,1H3,(H,20,22). The van der Waals surface area contributed by atoms with Gasteiger partial charge in [-0.2, -0.15) is 5.10 Å². The van der Waals surface area contributed by atoms with Crippen LogP contribution in [0.25, 0.3) is 0 Å². The smallest absolute Gasteiger partial charge is 0.273 e. The number of para-hydroxylation sites is 1. The molecule has 9 heteroatoms. The van der Waals surface area contributed by atoms with Gasteiger partial charge in [0.05, 0.1) is 34.7 Å². The highest BCUT2D eigenvalue weighted by Crippen LogP contribution is 2.33. The fourth-order valence-corrected chi connectivity index (χ4v) is 2.74. The summed E-state index contributed by atoms with van der Waals surface area (Å²) in [5, 5.41) is 15.3. The van der Waals surface area contributed by atoms with Crippen molar-refractivity contribution in [2.45, 2.75) is 6.42 Å². The number of carbonyl (C=O) groups is 1. The van der Waals surface area contributed by atoms with Gasteiger partial charge in [0, 0.05) is 11.6 Å². The van der Waals surface area contributed by atoms with E-state index in [-0.39, 0.29) is 12.1 Å². The first-order valence-corrected chi connectivity index (χ1v) is 7.75. The number of ether oxygens (including phenoxy) is 1. The van der Waals surface area contributed by atoms with Crippen LogP contribution in [-0.2, 0) is 11.2 Å². The number of nitro benzene ring substituents is 1. The van der Waals surface area contributed by atoms with Crippen LogP contribution in [0.2, 0.25) is 10.0 Å². The SMILES string of the molecule is COc1c(Cl)cc(C=NNC(=O)Cc2ccccc2[N+](=O)[O-])cc1Cl. The Morgan fingerprint density at radius 2 is 1.96 bits per heavy atom. The molecule has 7 nitrogen and oxygen atoms in total. The highest BCUT2D eigenvalue weighted by molar-refractivity contribution is 6.37. The monoisotopic (exact) mass is 381 g/mol. The van der Waals surface area contributed by atoms with Gasteiger partial charge in [0.1, 0.15) is 0 Å². The number of benzene rings is 2. The van der Waals surface area contributed by atoms with Gasteiger partial charge in [-0.05, 0) is 17.7 Å². The summed E-state index contributed by atoms with van der Waals surface area (Å²) < 4.78 is 5.04. The maximum Gasteiger partial charge on any atom is 0.273 e. The van der Waals surface area contributed by atoms with Crippen molar-refractivity contribution in [3.05, 3.63) is 67.7 Å². The summed E-state index contributed by atoms with van der Waals surface area (Å²) in [6.45, 7) is 0. The third-order valence-electron chi connectivity index (χ3n) is 3.17. The number of nitrogens with one attached hydrogen (secondary N) is 1. The molecular formula is C16H13Cl2N3O4. The minimum absolute atomic E-state index is 0.115. The fraction of sp³-hybridized carbons (Fsp3) is 0.125. The highest BCUT2D eigenvalue weighted by Gasteiger charge is 2.15. The van der Waals surface area contributed by atoms with Gasteiger partial charge < -0.3 is 4.74 Å². The normalized spacial score (nSPS) is 10.7. The summed E-state index contributed by atoms with van der Waals surface area (Å²) in [6.07, 6.45) is 1.19. The molecule has 0 radical (unpaired) electrons. The van der Waals surface area contributed by atoms with Gasteiger partial charge in [0.25, 0.3) is 5.69 Å². The molecule has 0 atom stereocenters. The van der Waals surface area contributed by atoms with Gasteiger partial charge >= 0.3 is 0 Å². The second kappa shape index (κ2) is 8.46. The topological polar surface area (TPSA) is 93.8 Å². The number of hydrogen-bond acceptors (Lipinski definition) is 5. The second-order valence-electron chi connectivity index (χ2n) is 4.87. The van der Waals surface area contributed by atoms with Crippen LogP contribution in [0.1, 0.15) is 11.1 Å². The number of hydrogen-bond donors (Lipinski definition) is 1. The first kappa shape index (κ1) is 18.7. The summed E-state index contributed by atoms with van der Waals surface area (Å²) >= 11 is 12.0. The zero-order chi connectivity index (χ0) is 18.4. The Morgan fingerprint density at radius 1 is 1.32 bits per heavy atom. The molecule has 0 aliphatic rings.